The highest BCUT2D eigenvalue weighted by atomic mass is 16.5. The molecule has 1 saturated carbocycles. The molecule has 1 N–H and O–H groups in total. The lowest BCUT2D eigenvalue weighted by Gasteiger charge is -2.38. The normalized spacial score (nSPS) is 38.0. The Kier molecular flexibility index (Phi) is 7.33. The first-order valence-electron chi connectivity index (χ1n) is 9.52. The topological polar surface area (TPSA) is 41.9 Å². The molecular formula is C19H37NO3. The maximum absolute atomic E-state index is 10.4. The van der Waals surface area contributed by atoms with Gasteiger partial charge in [-0.3, -0.25) is 4.90 Å². The Bertz CT molecular complexity index is 340. The van der Waals surface area contributed by atoms with Gasteiger partial charge in [0.15, 0.2) is 0 Å². The first-order chi connectivity index (χ1) is 10.8. The Hall–Kier alpha value is -0.160. The van der Waals surface area contributed by atoms with Crippen LogP contribution in [0.5, 0.6) is 0 Å². The molecule has 0 unspecified atom stereocenters. The molecular weight excluding hydrogens is 290 g/mol. The number of aliphatic hydroxyl groups excluding tert-OH is 1. The predicted molar refractivity (Wildman–Crippen MR) is 93.5 cm³/mol. The molecule has 6 atom stereocenters. The number of aliphatic hydroxyl groups is 1. The SMILES string of the molecule is CC(C)[C@H]1CC[C@H](C)C[C@H]1OC[C@H](O)CN1C[C@@H](C)O[C@@H](C)C1. The van der Waals surface area contributed by atoms with Crippen LogP contribution < -0.4 is 0 Å². The molecule has 1 heterocycles. The number of β-amino-alcohol motifs (C(OH)–C–C–N with tert-alkyl or cyclic N) is 1. The van der Waals surface area contributed by atoms with Crippen LogP contribution in [0.4, 0.5) is 0 Å². The van der Waals surface area contributed by atoms with Crippen LogP contribution in [0.2, 0.25) is 0 Å². The van der Waals surface area contributed by atoms with E-state index >= 15 is 0 Å². The lowest BCUT2D eigenvalue weighted by atomic mass is 9.75. The molecule has 0 amide bonds. The fourth-order valence-electron chi connectivity index (χ4n) is 4.33. The molecule has 0 aromatic heterocycles. The average molecular weight is 328 g/mol. The minimum absolute atomic E-state index is 0.247. The van der Waals surface area contributed by atoms with E-state index in [1.54, 1.807) is 0 Å². The summed E-state index contributed by atoms with van der Waals surface area (Å²) in [5, 5.41) is 10.4. The average Bonchev–Trinajstić information content (AvgIpc) is 2.43. The van der Waals surface area contributed by atoms with Gasteiger partial charge >= 0.3 is 0 Å². The van der Waals surface area contributed by atoms with Crippen molar-refractivity contribution in [1.82, 2.24) is 4.90 Å². The van der Waals surface area contributed by atoms with Crippen LogP contribution >= 0.6 is 0 Å². The maximum Gasteiger partial charge on any atom is 0.0900 e. The second kappa shape index (κ2) is 8.80. The summed E-state index contributed by atoms with van der Waals surface area (Å²) in [6, 6.07) is 0. The van der Waals surface area contributed by atoms with Gasteiger partial charge in [-0.25, -0.2) is 0 Å². The Morgan fingerprint density at radius 3 is 2.39 bits per heavy atom. The summed E-state index contributed by atoms with van der Waals surface area (Å²) >= 11 is 0. The number of rotatable bonds is 6. The number of hydrogen-bond acceptors (Lipinski definition) is 4. The van der Waals surface area contributed by atoms with Gasteiger partial charge in [0.2, 0.25) is 0 Å². The molecule has 2 rings (SSSR count). The van der Waals surface area contributed by atoms with Gasteiger partial charge in [0.1, 0.15) is 0 Å². The first kappa shape index (κ1) is 19.2. The van der Waals surface area contributed by atoms with Gasteiger partial charge in [-0.1, -0.05) is 27.2 Å². The van der Waals surface area contributed by atoms with Crippen molar-refractivity contribution in [3.8, 4) is 0 Å². The van der Waals surface area contributed by atoms with Gasteiger partial charge in [-0.15, -0.1) is 0 Å². The van der Waals surface area contributed by atoms with E-state index in [4.69, 9.17) is 9.47 Å². The minimum atomic E-state index is -0.405. The smallest absolute Gasteiger partial charge is 0.0900 e. The summed E-state index contributed by atoms with van der Waals surface area (Å²) in [5.41, 5.74) is 0. The van der Waals surface area contributed by atoms with Gasteiger partial charge in [-0.05, 0) is 44.4 Å². The van der Waals surface area contributed by atoms with Gasteiger partial charge in [-0.2, -0.15) is 0 Å². The molecule has 0 aromatic carbocycles. The Labute approximate surface area is 142 Å². The maximum atomic E-state index is 10.4. The van der Waals surface area contributed by atoms with Crippen molar-refractivity contribution in [2.75, 3.05) is 26.2 Å². The third-order valence-electron chi connectivity index (χ3n) is 5.43. The molecule has 4 nitrogen and oxygen atoms in total. The van der Waals surface area contributed by atoms with E-state index < -0.39 is 6.10 Å². The lowest BCUT2D eigenvalue weighted by molar-refractivity contribution is -0.0974. The largest absolute Gasteiger partial charge is 0.389 e. The van der Waals surface area contributed by atoms with E-state index in [2.05, 4.69) is 39.5 Å². The van der Waals surface area contributed by atoms with Gasteiger partial charge in [0.05, 0.1) is 31.0 Å². The summed E-state index contributed by atoms with van der Waals surface area (Å²) in [7, 11) is 0. The van der Waals surface area contributed by atoms with E-state index in [9.17, 15) is 5.11 Å². The quantitative estimate of drug-likeness (QED) is 0.814. The second-order valence-electron chi connectivity index (χ2n) is 8.33. The molecule has 0 aromatic rings. The van der Waals surface area contributed by atoms with Gasteiger partial charge in [0.25, 0.3) is 0 Å². The van der Waals surface area contributed by atoms with E-state index in [0.717, 1.165) is 25.4 Å². The zero-order valence-corrected chi connectivity index (χ0v) is 15.7. The van der Waals surface area contributed by atoms with Crippen molar-refractivity contribution in [3.63, 3.8) is 0 Å². The molecule has 1 aliphatic heterocycles. The molecule has 23 heavy (non-hydrogen) atoms. The van der Waals surface area contributed by atoms with Crippen LogP contribution in [0.25, 0.3) is 0 Å². The third-order valence-corrected chi connectivity index (χ3v) is 5.43. The number of ether oxygens (including phenoxy) is 2. The van der Waals surface area contributed by atoms with Crippen molar-refractivity contribution in [1.29, 1.82) is 0 Å². The standard InChI is InChI=1S/C19H37NO3/c1-13(2)18-7-6-14(3)8-19(18)22-12-17(21)11-20-9-15(4)23-16(5)10-20/h13-19,21H,6-12H2,1-5H3/t14-,15-,16+,17+,18+,19+/m0/s1. The number of nitrogens with zero attached hydrogens (tertiary/aromatic N) is 1. The highest BCUT2D eigenvalue weighted by Gasteiger charge is 2.32. The van der Waals surface area contributed by atoms with Crippen LogP contribution in [0.1, 0.15) is 53.9 Å². The van der Waals surface area contributed by atoms with E-state index in [-0.39, 0.29) is 12.2 Å². The number of hydrogen-bond donors (Lipinski definition) is 1. The van der Waals surface area contributed by atoms with E-state index in [0.29, 0.717) is 31.1 Å². The fourth-order valence-corrected chi connectivity index (χ4v) is 4.33. The Morgan fingerprint density at radius 1 is 1.13 bits per heavy atom. The monoisotopic (exact) mass is 327 g/mol. The van der Waals surface area contributed by atoms with Crippen molar-refractivity contribution in [2.45, 2.75) is 78.3 Å². The highest BCUT2D eigenvalue weighted by Crippen LogP contribution is 2.35. The van der Waals surface area contributed by atoms with Crippen molar-refractivity contribution < 1.29 is 14.6 Å². The summed E-state index contributed by atoms with van der Waals surface area (Å²) in [6.45, 7) is 14.1. The zero-order valence-electron chi connectivity index (χ0n) is 15.7. The fraction of sp³-hybridized carbons (Fsp3) is 1.00. The van der Waals surface area contributed by atoms with Gasteiger partial charge in [0, 0.05) is 19.6 Å². The summed E-state index contributed by atoms with van der Waals surface area (Å²) < 4.78 is 11.9. The van der Waals surface area contributed by atoms with Crippen LogP contribution in [0.15, 0.2) is 0 Å². The molecule has 0 bridgehead atoms. The molecule has 2 fully saturated rings. The lowest BCUT2D eigenvalue weighted by Crippen LogP contribution is -2.49. The van der Waals surface area contributed by atoms with E-state index in [1.165, 1.54) is 12.8 Å². The molecule has 2 aliphatic rings. The third kappa shape index (κ3) is 6.00. The van der Waals surface area contributed by atoms with Crippen molar-refractivity contribution in [3.05, 3.63) is 0 Å². The summed E-state index contributed by atoms with van der Waals surface area (Å²) in [4.78, 5) is 2.30. The summed E-state index contributed by atoms with van der Waals surface area (Å²) in [6.07, 6.45) is 4.12. The molecule has 1 aliphatic carbocycles. The Balaban J connectivity index is 1.77. The van der Waals surface area contributed by atoms with Crippen LogP contribution in [0, 0.1) is 17.8 Å². The van der Waals surface area contributed by atoms with Crippen molar-refractivity contribution in [2.24, 2.45) is 17.8 Å². The zero-order chi connectivity index (χ0) is 17.0. The van der Waals surface area contributed by atoms with Crippen LogP contribution in [-0.2, 0) is 9.47 Å². The van der Waals surface area contributed by atoms with Crippen molar-refractivity contribution >= 4 is 0 Å². The first-order valence-corrected chi connectivity index (χ1v) is 9.52. The molecule has 136 valence electrons. The van der Waals surface area contributed by atoms with Crippen LogP contribution in [-0.4, -0.2) is 60.7 Å². The summed E-state index contributed by atoms with van der Waals surface area (Å²) in [5.74, 6) is 2.04. The highest BCUT2D eigenvalue weighted by molar-refractivity contribution is 4.82. The molecule has 0 radical (unpaired) electrons. The van der Waals surface area contributed by atoms with Crippen LogP contribution in [0.3, 0.4) is 0 Å². The second-order valence-corrected chi connectivity index (χ2v) is 8.33. The molecule has 1 saturated heterocycles. The minimum Gasteiger partial charge on any atom is -0.389 e. The van der Waals surface area contributed by atoms with E-state index in [1.807, 2.05) is 0 Å². The molecule has 4 heteroatoms. The number of morpholine rings is 1. The van der Waals surface area contributed by atoms with Gasteiger partial charge < -0.3 is 14.6 Å². The Morgan fingerprint density at radius 2 is 1.78 bits per heavy atom. The molecule has 0 spiro atoms. The predicted octanol–water partition coefficient (Wildman–Crippen LogP) is 2.93.